The molecule has 1 saturated heterocycles. The molecule has 1 aromatic heterocycles. The van der Waals surface area contributed by atoms with Crippen molar-refractivity contribution in [3.8, 4) is 10.9 Å². The molecular weight excluding hydrogens is 474 g/mol. The van der Waals surface area contributed by atoms with Crippen molar-refractivity contribution in [3.63, 3.8) is 0 Å². The van der Waals surface area contributed by atoms with Crippen molar-refractivity contribution < 1.29 is 22.7 Å². The Labute approximate surface area is 204 Å². The molecule has 2 aromatic carbocycles. The van der Waals surface area contributed by atoms with Crippen LogP contribution in [-0.2, 0) is 10.0 Å². The lowest BCUT2D eigenvalue weighted by Gasteiger charge is -2.31. The number of hydrogen-bond acceptors (Lipinski definition) is 7. The lowest BCUT2D eigenvalue weighted by Crippen LogP contribution is -2.41. The van der Waals surface area contributed by atoms with Gasteiger partial charge in [0, 0.05) is 50.7 Å². The van der Waals surface area contributed by atoms with Crippen LogP contribution in [0.15, 0.2) is 47.4 Å². The summed E-state index contributed by atoms with van der Waals surface area (Å²) < 4.78 is 39.1. The van der Waals surface area contributed by atoms with Gasteiger partial charge in [-0.3, -0.25) is 4.79 Å². The molecule has 1 aliphatic heterocycles. The first-order chi connectivity index (χ1) is 16.3. The Morgan fingerprint density at radius 1 is 1.12 bits per heavy atom. The molecule has 1 amide bonds. The predicted octanol–water partition coefficient (Wildman–Crippen LogP) is 4.02. The monoisotopic (exact) mass is 503 g/mol. The first kappa shape index (κ1) is 24.4. The van der Waals surface area contributed by atoms with E-state index in [-0.39, 0.29) is 16.9 Å². The highest BCUT2D eigenvalue weighted by molar-refractivity contribution is 7.89. The summed E-state index contributed by atoms with van der Waals surface area (Å²) in [5.41, 5.74) is 1.33. The first-order valence-electron chi connectivity index (χ1n) is 11.4. The Kier molecular flexibility index (Phi) is 7.39. The largest absolute Gasteiger partial charge is 0.497 e. The van der Waals surface area contributed by atoms with Gasteiger partial charge in [0.15, 0.2) is 0 Å². The van der Waals surface area contributed by atoms with Crippen molar-refractivity contribution >= 4 is 37.5 Å². The van der Waals surface area contributed by atoms with Gasteiger partial charge in [0.05, 0.1) is 22.2 Å². The zero-order chi connectivity index (χ0) is 24.3. The minimum absolute atomic E-state index is 0.00639. The van der Waals surface area contributed by atoms with E-state index < -0.39 is 10.0 Å². The summed E-state index contributed by atoms with van der Waals surface area (Å²) in [6.45, 7) is 5.56. The number of carbonyl (C=O) groups excluding carboxylic acids is 1. The van der Waals surface area contributed by atoms with E-state index in [1.807, 2.05) is 18.2 Å². The molecule has 2 heterocycles. The molecule has 34 heavy (non-hydrogen) atoms. The summed E-state index contributed by atoms with van der Waals surface area (Å²) in [7, 11) is -1.91. The quantitative estimate of drug-likeness (QED) is 0.461. The number of piperidine rings is 1. The van der Waals surface area contributed by atoms with Crippen molar-refractivity contribution in [1.82, 2.24) is 14.2 Å². The second-order valence-electron chi connectivity index (χ2n) is 8.04. The standard InChI is InChI=1S/C24H29N3O5S2/c1-4-27(5-2)34(29,30)20-9-6-17(7-10-20)23(28)26-14-12-18(13-15-26)32-24-25-21-16-19(31-3)8-11-22(21)33-24/h6-11,16,18H,4-5,12-15H2,1-3H3. The normalized spacial score (nSPS) is 15.1. The van der Waals surface area contributed by atoms with Crippen LogP contribution < -0.4 is 9.47 Å². The van der Waals surface area contributed by atoms with Gasteiger partial charge in [-0.05, 0) is 36.4 Å². The number of ether oxygens (including phenoxy) is 2. The van der Waals surface area contributed by atoms with Gasteiger partial charge in [-0.2, -0.15) is 4.31 Å². The summed E-state index contributed by atoms with van der Waals surface area (Å²) in [4.78, 5) is 19.5. The van der Waals surface area contributed by atoms with Crippen LogP contribution in [0.4, 0.5) is 0 Å². The van der Waals surface area contributed by atoms with Crippen LogP contribution in [-0.4, -0.2) is 67.9 Å². The van der Waals surface area contributed by atoms with E-state index in [2.05, 4.69) is 4.98 Å². The topological polar surface area (TPSA) is 89.0 Å². The molecule has 0 aliphatic carbocycles. The van der Waals surface area contributed by atoms with E-state index in [1.54, 1.807) is 38.0 Å². The van der Waals surface area contributed by atoms with Crippen LogP contribution in [0.3, 0.4) is 0 Å². The second kappa shape index (κ2) is 10.3. The number of benzene rings is 2. The third-order valence-electron chi connectivity index (χ3n) is 6.02. The van der Waals surface area contributed by atoms with Crippen molar-refractivity contribution in [2.75, 3.05) is 33.3 Å². The van der Waals surface area contributed by atoms with Crippen molar-refractivity contribution in [2.45, 2.75) is 37.7 Å². The molecule has 10 heteroatoms. The number of thiazole rings is 1. The number of nitrogens with zero attached hydrogens (tertiary/aromatic N) is 3. The van der Waals surface area contributed by atoms with Gasteiger partial charge in [-0.15, -0.1) is 0 Å². The van der Waals surface area contributed by atoms with Crippen LogP contribution in [0.25, 0.3) is 10.2 Å². The molecule has 0 saturated carbocycles. The fraction of sp³-hybridized carbons (Fsp3) is 0.417. The fourth-order valence-electron chi connectivity index (χ4n) is 4.05. The van der Waals surface area contributed by atoms with E-state index in [4.69, 9.17) is 9.47 Å². The van der Waals surface area contributed by atoms with Crippen LogP contribution in [0.5, 0.6) is 10.9 Å². The number of aromatic nitrogens is 1. The Hall–Kier alpha value is -2.69. The molecular formula is C24H29N3O5S2. The Balaban J connectivity index is 1.35. The maximum absolute atomic E-state index is 13.0. The molecule has 0 N–H and O–H groups in total. The van der Waals surface area contributed by atoms with Gasteiger partial charge in [-0.1, -0.05) is 25.2 Å². The maximum atomic E-state index is 13.0. The second-order valence-corrected chi connectivity index (χ2v) is 11.0. The highest BCUT2D eigenvalue weighted by atomic mass is 32.2. The van der Waals surface area contributed by atoms with E-state index in [0.717, 1.165) is 16.0 Å². The molecule has 0 atom stereocenters. The predicted molar refractivity (Wildman–Crippen MR) is 132 cm³/mol. The van der Waals surface area contributed by atoms with Gasteiger partial charge >= 0.3 is 0 Å². The van der Waals surface area contributed by atoms with E-state index >= 15 is 0 Å². The minimum atomic E-state index is -3.54. The Morgan fingerprint density at radius 2 is 1.79 bits per heavy atom. The number of fused-ring (bicyclic) bond motifs is 1. The number of hydrogen-bond donors (Lipinski definition) is 0. The molecule has 0 radical (unpaired) electrons. The summed E-state index contributed by atoms with van der Waals surface area (Å²) in [6.07, 6.45) is 1.41. The van der Waals surface area contributed by atoms with Crippen LogP contribution in [0.1, 0.15) is 37.0 Å². The minimum Gasteiger partial charge on any atom is -0.497 e. The van der Waals surface area contributed by atoms with Crippen LogP contribution in [0, 0.1) is 0 Å². The molecule has 0 spiro atoms. The maximum Gasteiger partial charge on any atom is 0.274 e. The van der Waals surface area contributed by atoms with E-state index in [9.17, 15) is 13.2 Å². The third-order valence-corrected chi connectivity index (χ3v) is 9.01. The zero-order valence-electron chi connectivity index (χ0n) is 19.6. The molecule has 0 unspecified atom stereocenters. The van der Waals surface area contributed by atoms with Crippen molar-refractivity contribution in [1.29, 1.82) is 0 Å². The van der Waals surface area contributed by atoms with E-state index in [0.29, 0.717) is 49.8 Å². The smallest absolute Gasteiger partial charge is 0.274 e. The lowest BCUT2D eigenvalue weighted by molar-refractivity contribution is 0.0595. The molecule has 3 aromatic rings. The average molecular weight is 504 g/mol. The third kappa shape index (κ3) is 5.03. The zero-order valence-corrected chi connectivity index (χ0v) is 21.2. The molecule has 0 bridgehead atoms. The summed E-state index contributed by atoms with van der Waals surface area (Å²) in [5.74, 6) is 0.659. The van der Waals surface area contributed by atoms with Gasteiger partial charge in [0.1, 0.15) is 11.9 Å². The van der Waals surface area contributed by atoms with E-state index in [1.165, 1.54) is 27.8 Å². The van der Waals surface area contributed by atoms with Gasteiger partial charge in [-0.25, -0.2) is 13.4 Å². The van der Waals surface area contributed by atoms with Crippen LogP contribution >= 0.6 is 11.3 Å². The number of amides is 1. The summed E-state index contributed by atoms with van der Waals surface area (Å²) >= 11 is 1.50. The SMILES string of the molecule is CCN(CC)S(=O)(=O)c1ccc(C(=O)N2CCC(Oc3nc4cc(OC)ccc4s3)CC2)cc1. The van der Waals surface area contributed by atoms with Crippen LogP contribution in [0.2, 0.25) is 0 Å². The number of rotatable bonds is 8. The summed E-state index contributed by atoms with van der Waals surface area (Å²) in [5, 5.41) is 0.623. The number of carbonyl (C=O) groups is 1. The summed E-state index contributed by atoms with van der Waals surface area (Å²) in [6, 6.07) is 12.0. The lowest BCUT2D eigenvalue weighted by atomic mass is 10.1. The number of methoxy groups -OCH3 is 1. The van der Waals surface area contributed by atoms with Gasteiger partial charge in [0.2, 0.25) is 10.0 Å². The molecule has 182 valence electrons. The molecule has 8 nitrogen and oxygen atoms in total. The highest BCUT2D eigenvalue weighted by Crippen LogP contribution is 2.32. The molecule has 1 fully saturated rings. The Morgan fingerprint density at radius 3 is 2.41 bits per heavy atom. The van der Waals surface area contributed by atoms with Crippen molar-refractivity contribution in [2.24, 2.45) is 0 Å². The average Bonchev–Trinajstić information content (AvgIpc) is 3.26. The fourth-order valence-corrected chi connectivity index (χ4v) is 6.37. The highest BCUT2D eigenvalue weighted by Gasteiger charge is 2.27. The number of sulfonamides is 1. The van der Waals surface area contributed by atoms with Gasteiger partial charge in [0.25, 0.3) is 11.1 Å². The van der Waals surface area contributed by atoms with Gasteiger partial charge < -0.3 is 14.4 Å². The van der Waals surface area contributed by atoms with Crippen molar-refractivity contribution in [3.05, 3.63) is 48.0 Å². The first-order valence-corrected chi connectivity index (χ1v) is 13.6. The molecule has 1 aliphatic rings. The molecule has 4 rings (SSSR count). The number of likely N-dealkylation sites (tertiary alicyclic amines) is 1. The Bertz CT molecular complexity index is 1250.